The Bertz CT molecular complexity index is 326. The van der Waals surface area contributed by atoms with Gasteiger partial charge < -0.3 is 4.74 Å². The quantitative estimate of drug-likeness (QED) is 0.480. The molecule has 3 nitrogen and oxygen atoms in total. The molecular weight excluding hydrogens is 216 g/mol. The lowest BCUT2D eigenvalue weighted by atomic mass is 10.1. The van der Waals surface area contributed by atoms with Crippen LogP contribution in [-0.4, -0.2) is 17.9 Å². The highest BCUT2D eigenvalue weighted by Crippen LogP contribution is 2.11. The Morgan fingerprint density at radius 1 is 1.41 bits per heavy atom. The lowest BCUT2D eigenvalue weighted by molar-refractivity contribution is -0.154. The monoisotopic (exact) mass is 236 g/mol. The number of rotatable bonds is 8. The molecular formula is C14H20O3. The maximum atomic E-state index is 11.3. The molecule has 0 radical (unpaired) electrons. The Kier molecular flexibility index (Phi) is 7.68. The number of hydrogen-bond donors (Lipinski definition) is 0. The zero-order valence-corrected chi connectivity index (χ0v) is 10.6. The molecule has 0 saturated heterocycles. The van der Waals surface area contributed by atoms with E-state index in [1.807, 2.05) is 6.92 Å². The maximum absolute atomic E-state index is 11.3. The second-order valence-corrected chi connectivity index (χ2v) is 3.80. The van der Waals surface area contributed by atoms with Gasteiger partial charge in [-0.05, 0) is 13.3 Å². The normalized spacial score (nSPS) is 12.1. The fourth-order valence-corrected chi connectivity index (χ4v) is 1.20. The van der Waals surface area contributed by atoms with Crippen LogP contribution in [0, 0.1) is 0 Å². The topological polar surface area (TPSA) is 43.4 Å². The number of carbonyl (C=O) groups excluding carboxylic acids is 2. The molecule has 17 heavy (non-hydrogen) atoms. The molecule has 0 spiro atoms. The van der Waals surface area contributed by atoms with Gasteiger partial charge in [0, 0.05) is 12.8 Å². The fourth-order valence-electron chi connectivity index (χ4n) is 1.20. The number of allylic oxidation sites excluding steroid dienone is 3. The molecule has 0 amide bonds. The summed E-state index contributed by atoms with van der Waals surface area (Å²) in [5, 5.41) is 0. The Labute approximate surface area is 103 Å². The van der Waals surface area contributed by atoms with Crippen molar-refractivity contribution in [2.45, 2.75) is 39.2 Å². The van der Waals surface area contributed by atoms with Crippen molar-refractivity contribution in [2.24, 2.45) is 0 Å². The summed E-state index contributed by atoms with van der Waals surface area (Å²) in [5.41, 5.74) is 0.731. The first kappa shape index (κ1) is 15.4. The van der Waals surface area contributed by atoms with Crippen molar-refractivity contribution in [3.05, 3.63) is 37.0 Å². The number of ether oxygens (including phenoxy) is 1. The molecule has 0 aliphatic rings. The van der Waals surface area contributed by atoms with Gasteiger partial charge in [-0.15, -0.1) is 0 Å². The zero-order valence-electron chi connectivity index (χ0n) is 10.6. The Balaban J connectivity index is 4.39. The first-order valence-electron chi connectivity index (χ1n) is 5.68. The van der Waals surface area contributed by atoms with Gasteiger partial charge in [0.25, 0.3) is 0 Å². The average Bonchev–Trinajstić information content (AvgIpc) is 2.25. The fraction of sp³-hybridized carbons (Fsp3) is 0.429. The molecule has 0 N–H and O–H groups in total. The molecule has 94 valence electrons. The summed E-state index contributed by atoms with van der Waals surface area (Å²) in [6.07, 6.45) is 5.74. The highest BCUT2D eigenvalue weighted by atomic mass is 16.5. The number of esters is 1. The molecule has 0 aromatic rings. The Morgan fingerprint density at radius 3 is 2.53 bits per heavy atom. The van der Waals surface area contributed by atoms with Gasteiger partial charge in [0.15, 0.2) is 11.9 Å². The molecule has 0 aromatic heterocycles. The van der Waals surface area contributed by atoms with Crippen molar-refractivity contribution < 1.29 is 14.3 Å². The summed E-state index contributed by atoms with van der Waals surface area (Å²) in [6.45, 7) is 10.6. The van der Waals surface area contributed by atoms with E-state index in [2.05, 4.69) is 13.2 Å². The SMILES string of the molecule is C=C/C=C\C(=C)CC(OC(=O)CCC)C(C)=O. The van der Waals surface area contributed by atoms with Gasteiger partial charge in [0.2, 0.25) is 0 Å². The molecule has 0 saturated carbocycles. The van der Waals surface area contributed by atoms with E-state index in [0.29, 0.717) is 19.3 Å². The standard InChI is InChI=1S/C14H20O3/c1-5-7-9-11(3)10-13(12(4)15)17-14(16)8-6-2/h5,7,9,13H,1,3,6,8,10H2,2,4H3/b9-7-. The van der Waals surface area contributed by atoms with Crippen LogP contribution in [0.15, 0.2) is 37.0 Å². The van der Waals surface area contributed by atoms with E-state index in [-0.39, 0.29) is 11.8 Å². The van der Waals surface area contributed by atoms with Crippen LogP contribution in [0.4, 0.5) is 0 Å². The number of Topliss-reactive ketones (excluding diaryl/α,β-unsaturated/α-hetero) is 1. The molecule has 0 heterocycles. The van der Waals surface area contributed by atoms with Crippen LogP contribution >= 0.6 is 0 Å². The van der Waals surface area contributed by atoms with Crippen molar-refractivity contribution in [3.8, 4) is 0 Å². The lowest BCUT2D eigenvalue weighted by Crippen LogP contribution is -2.25. The van der Waals surface area contributed by atoms with Crippen molar-refractivity contribution in [3.63, 3.8) is 0 Å². The zero-order chi connectivity index (χ0) is 13.3. The Morgan fingerprint density at radius 2 is 2.06 bits per heavy atom. The molecule has 3 heteroatoms. The molecule has 1 unspecified atom stereocenters. The number of carbonyl (C=O) groups is 2. The van der Waals surface area contributed by atoms with E-state index < -0.39 is 6.10 Å². The summed E-state index contributed by atoms with van der Waals surface area (Å²) in [4.78, 5) is 22.6. The van der Waals surface area contributed by atoms with Gasteiger partial charge in [-0.2, -0.15) is 0 Å². The largest absolute Gasteiger partial charge is 0.454 e. The molecule has 1 atom stereocenters. The predicted molar refractivity (Wildman–Crippen MR) is 68.6 cm³/mol. The smallest absolute Gasteiger partial charge is 0.306 e. The van der Waals surface area contributed by atoms with E-state index in [4.69, 9.17) is 4.74 Å². The second kappa shape index (κ2) is 8.50. The minimum absolute atomic E-state index is 0.164. The predicted octanol–water partition coefficient (Wildman–Crippen LogP) is 2.98. The van der Waals surface area contributed by atoms with Crippen LogP contribution in [0.3, 0.4) is 0 Å². The van der Waals surface area contributed by atoms with Crippen molar-refractivity contribution in [2.75, 3.05) is 0 Å². The third kappa shape index (κ3) is 7.28. The van der Waals surface area contributed by atoms with E-state index in [9.17, 15) is 9.59 Å². The average molecular weight is 236 g/mol. The second-order valence-electron chi connectivity index (χ2n) is 3.80. The van der Waals surface area contributed by atoms with E-state index in [1.165, 1.54) is 6.92 Å². The highest BCUT2D eigenvalue weighted by molar-refractivity contribution is 5.83. The van der Waals surface area contributed by atoms with Crippen LogP contribution in [0.2, 0.25) is 0 Å². The first-order valence-corrected chi connectivity index (χ1v) is 5.68. The Hall–Kier alpha value is -1.64. The van der Waals surface area contributed by atoms with Crippen molar-refractivity contribution in [1.82, 2.24) is 0 Å². The van der Waals surface area contributed by atoms with Gasteiger partial charge in [0.05, 0.1) is 0 Å². The molecule has 0 aliphatic carbocycles. The molecule has 0 aliphatic heterocycles. The molecule has 0 rings (SSSR count). The van der Waals surface area contributed by atoms with E-state index in [1.54, 1.807) is 18.2 Å². The maximum Gasteiger partial charge on any atom is 0.306 e. The van der Waals surface area contributed by atoms with E-state index in [0.717, 1.165) is 5.57 Å². The van der Waals surface area contributed by atoms with Crippen LogP contribution in [-0.2, 0) is 14.3 Å². The molecule has 0 bridgehead atoms. The van der Waals surface area contributed by atoms with Crippen LogP contribution < -0.4 is 0 Å². The van der Waals surface area contributed by atoms with Crippen LogP contribution in [0.1, 0.15) is 33.1 Å². The van der Waals surface area contributed by atoms with Crippen LogP contribution in [0.25, 0.3) is 0 Å². The summed E-state index contributed by atoms with van der Waals surface area (Å²) in [6, 6.07) is 0. The van der Waals surface area contributed by atoms with E-state index >= 15 is 0 Å². The minimum atomic E-state index is -0.726. The number of hydrogen-bond acceptors (Lipinski definition) is 3. The van der Waals surface area contributed by atoms with Gasteiger partial charge in [0.1, 0.15) is 0 Å². The van der Waals surface area contributed by atoms with Gasteiger partial charge in [-0.25, -0.2) is 0 Å². The highest BCUT2D eigenvalue weighted by Gasteiger charge is 2.19. The van der Waals surface area contributed by atoms with Gasteiger partial charge in [-0.3, -0.25) is 9.59 Å². The number of ketones is 1. The van der Waals surface area contributed by atoms with Crippen LogP contribution in [0.5, 0.6) is 0 Å². The van der Waals surface area contributed by atoms with Gasteiger partial charge in [-0.1, -0.05) is 43.9 Å². The first-order chi connectivity index (χ1) is 8.01. The van der Waals surface area contributed by atoms with Crippen molar-refractivity contribution >= 4 is 11.8 Å². The van der Waals surface area contributed by atoms with Crippen molar-refractivity contribution in [1.29, 1.82) is 0 Å². The third-order valence-electron chi connectivity index (χ3n) is 2.10. The minimum Gasteiger partial charge on any atom is -0.454 e. The lowest BCUT2D eigenvalue weighted by Gasteiger charge is -2.15. The summed E-state index contributed by atoms with van der Waals surface area (Å²) >= 11 is 0. The third-order valence-corrected chi connectivity index (χ3v) is 2.10. The summed E-state index contributed by atoms with van der Waals surface area (Å²) < 4.78 is 5.09. The molecule has 0 aromatic carbocycles. The molecule has 0 fully saturated rings. The summed E-state index contributed by atoms with van der Waals surface area (Å²) in [7, 11) is 0. The summed E-state index contributed by atoms with van der Waals surface area (Å²) in [5.74, 6) is -0.504. The van der Waals surface area contributed by atoms with Gasteiger partial charge >= 0.3 is 5.97 Å².